The molecule has 4 aromatic rings. The molecule has 0 unspecified atom stereocenters. The molecule has 0 saturated heterocycles. The van der Waals surface area contributed by atoms with Gasteiger partial charge >= 0.3 is 0 Å². The van der Waals surface area contributed by atoms with Crippen LogP contribution in [0.3, 0.4) is 0 Å². The number of hydrogen-bond acceptors (Lipinski definition) is 5. The van der Waals surface area contributed by atoms with Gasteiger partial charge in [0.25, 0.3) is 15.9 Å². The minimum absolute atomic E-state index is 0.0566. The fraction of sp³-hybridized carbons (Fsp3) is 0.160. The molecule has 1 atom stereocenters. The molecular formula is C25H23ClN2O4S2. The number of nitrogens with zero attached hydrogens (tertiary/aromatic N) is 1. The van der Waals surface area contributed by atoms with Crippen LogP contribution in [0.25, 0.3) is 10.1 Å². The summed E-state index contributed by atoms with van der Waals surface area (Å²) in [7, 11) is -0.898. The third kappa shape index (κ3) is 4.75. The lowest BCUT2D eigenvalue weighted by Crippen LogP contribution is -2.26. The van der Waals surface area contributed by atoms with E-state index in [0.717, 1.165) is 15.6 Å². The van der Waals surface area contributed by atoms with Gasteiger partial charge in [0, 0.05) is 11.7 Å². The number of amides is 1. The zero-order valence-corrected chi connectivity index (χ0v) is 21.2. The summed E-state index contributed by atoms with van der Waals surface area (Å²) in [5.74, 6) is 0.225. The largest absolute Gasteiger partial charge is 0.495 e. The van der Waals surface area contributed by atoms with E-state index in [2.05, 4.69) is 5.32 Å². The van der Waals surface area contributed by atoms with Crippen molar-refractivity contribution in [1.29, 1.82) is 0 Å². The van der Waals surface area contributed by atoms with Gasteiger partial charge in [-0.15, -0.1) is 11.3 Å². The van der Waals surface area contributed by atoms with Crippen molar-refractivity contribution in [3.8, 4) is 5.75 Å². The summed E-state index contributed by atoms with van der Waals surface area (Å²) in [6.45, 7) is 1.93. The minimum atomic E-state index is -3.85. The summed E-state index contributed by atoms with van der Waals surface area (Å²) in [6, 6.07) is 21.0. The summed E-state index contributed by atoms with van der Waals surface area (Å²) >= 11 is 7.49. The van der Waals surface area contributed by atoms with Gasteiger partial charge in [-0.2, -0.15) is 0 Å². The average Bonchev–Trinajstić information content (AvgIpc) is 3.27. The lowest BCUT2D eigenvalue weighted by atomic mass is 10.1. The lowest BCUT2D eigenvalue weighted by Gasteiger charge is -2.20. The van der Waals surface area contributed by atoms with Crippen LogP contribution in [0, 0.1) is 0 Å². The summed E-state index contributed by atoms with van der Waals surface area (Å²) in [4.78, 5) is 13.4. The van der Waals surface area contributed by atoms with Gasteiger partial charge in [-0.1, -0.05) is 41.9 Å². The monoisotopic (exact) mass is 514 g/mol. The first-order valence-corrected chi connectivity index (χ1v) is 13.1. The molecule has 0 bridgehead atoms. The second-order valence-corrected chi connectivity index (χ2v) is 11.2. The normalized spacial score (nSPS) is 12.4. The third-order valence-corrected chi connectivity index (χ3v) is 8.71. The molecule has 34 heavy (non-hydrogen) atoms. The molecule has 0 radical (unpaired) electrons. The van der Waals surface area contributed by atoms with E-state index in [1.807, 2.05) is 43.3 Å². The second-order valence-electron chi connectivity index (χ2n) is 7.71. The van der Waals surface area contributed by atoms with Crippen LogP contribution in [0.4, 0.5) is 5.69 Å². The van der Waals surface area contributed by atoms with Gasteiger partial charge < -0.3 is 10.1 Å². The van der Waals surface area contributed by atoms with Crippen LogP contribution in [0.1, 0.15) is 28.2 Å². The van der Waals surface area contributed by atoms with E-state index < -0.39 is 10.0 Å². The van der Waals surface area contributed by atoms with Gasteiger partial charge in [0.15, 0.2) is 0 Å². The fourth-order valence-electron chi connectivity index (χ4n) is 3.54. The highest BCUT2D eigenvalue weighted by atomic mass is 35.5. The minimum Gasteiger partial charge on any atom is -0.495 e. The van der Waals surface area contributed by atoms with Crippen molar-refractivity contribution >= 4 is 54.6 Å². The molecule has 0 spiro atoms. The molecule has 0 aliphatic heterocycles. The number of nitrogens with one attached hydrogen (secondary N) is 1. The molecule has 6 nitrogen and oxygen atoms in total. The molecule has 4 rings (SSSR count). The fourth-order valence-corrected chi connectivity index (χ4v) is 6.02. The van der Waals surface area contributed by atoms with Crippen molar-refractivity contribution in [2.75, 3.05) is 18.5 Å². The van der Waals surface area contributed by atoms with Crippen molar-refractivity contribution < 1.29 is 17.9 Å². The van der Waals surface area contributed by atoms with Gasteiger partial charge in [0.05, 0.1) is 33.6 Å². The Balaban J connectivity index is 1.58. The topological polar surface area (TPSA) is 75.7 Å². The molecule has 0 aliphatic carbocycles. The molecule has 176 valence electrons. The number of fused-ring (bicyclic) bond motifs is 1. The first kappa shape index (κ1) is 24.1. The predicted octanol–water partition coefficient (Wildman–Crippen LogP) is 5.88. The molecule has 1 amide bonds. The van der Waals surface area contributed by atoms with Crippen molar-refractivity contribution in [1.82, 2.24) is 5.32 Å². The number of carbonyl (C=O) groups excluding carboxylic acids is 1. The van der Waals surface area contributed by atoms with Gasteiger partial charge in [-0.05, 0) is 60.3 Å². The van der Waals surface area contributed by atoms with E-state index in [4.69, 9.17) is 16.3 Å². The maximum absolute atomic E-state index is 13.2. The van der Waals surface area contributed by atoms with Crippen LogP contribution in [-0.2, 0) is 10.0 Å². The highest BCUT2D eigenvalue weighted by Crippen LogP contribution is 2.33. The Labute approximate surface area is 207 Å². The second kappa shape index (κ2) is 9.66. The van der Waals surface area contributed by atoms with Crippen LogP contribution in [0.2, 0.25) is 5.02 Å². The van der Waals surface area contributed by atoms with E-state index >= 15 is 0 Å². The Morgan fingerprint density at radius 3 is 2.47 bits per heavy atom. The third-order valence-electron chi connectivity index (χ3n) is 5.52. The van der Waals surface area contributed by atoms with Gasteiger partial charge in [0.1, 0.15) is 5.75 Å². The molecule has 1 heterocycles. The van der Waals surface area contributed by atoms with Crippen LogP contribution in [-0.4, -0.2) is 28.5 Å². The Morgan fingerprint density at radius 2 is 1.79 bits per heavy atom. The highest BCUT2D eigenvalue weighted by molar-refractivity contribution is 7.92. The highest BCUT2D eigenvalue weighted by Gasteiger charge is 2.23. The standard InChI is InChI=1S/C25H23ClN2O4S2/c1-16(17-7-5-4-6-8-17)27-25(29)24-14-18-13-19(9-12-23(18)33-24)28(2)34(30,31)20-10-11-22(32-3)21(26)15-20/h4-16H,1-3H3,(H,27,29)/t16-/m0/s1. The van der Waals surface area contributed by atoms with Gasteiger partial charge in [-0.25, -0.2) is 8.42 Å². The molecule has 1 aromatic heterocycles. The van der Waals surface area contributed by atoms with E-state index in [1.54, 1.807) is 18.2 Å². The molecule has 0 fully saturated rings. The van der Waals surface area contributed by atoms with Crippen molar-refractivity contribution in [3.63, 3.8) is 0 Å². The van der Waals surface area contributed by atoms with E-state index in [-0.39, 0.29) is 21.9 Å². The van der Waals surface area contributed by atoms with Crippen LogP contribution in [0.5, 0.6) is 5.75 Å². The molecule has 3 aromatic carbocycles. The smallest absolute Gasteiger partial charge is 0.264 e. The summed E-state index contributed by atoms with van der Waals surface area (Å²) in [5, 5.41) is 4.01. The maximum atomic E-state index is 13.2. The Hall–Kier alpha value is -3.07. The number of benzene rings is 3. The van der Waals surface area contributed by atoms with Gasteiger partial charge in [0.2, 0.25) is 0 Å². The Morgan fingerprint density at radius 1 is 1.06 bits per heavy atom. The number of hydrogen-bond donors (Lipinski definition) is 1. The number of sulfonamides is 1. The number of methoxy groups -OCH3 is 1. The maximum Gasteiger partial charge on any atom is 0.264 e. The van der Waals surface area contributed by atoms with Crippen molar-refractivity contribution in [2.45, 2.75) is 17.9 Å². The van der Waals surface area contributed by atoms with E-state index in [1.165, 1.54) is 48.0 Å². The molecule has 0 aliphatic rings. The zero-order valence-electron chi connectivity index (χ0n) is 18.8. The summed E-state index contributed by atoms with van der Waals surface area (Å²) in [5.41, 5.74) is 1.49. The zero-order chi connectivity index (χ0) is 24.5. The number of carbonyl (C=O) groups is 1. The number of thiophene rings is 1. The molecule has 0 saturated carbocycles. The summed E-state index contributed by atoms with van der Waals surface area (Å²) in [6.07, 6.45) is 0. The van der Waals surface area contributed by atoms with Crippen molar-refractivity contribution in [2.24, 2.45) is 0 Å². The Kier molecular flexibility index (Phi) is 6.84. The number of rotatable bonds is 7. The lowest BCUT2D eigenvalue weighted by molar-refractivity contribution is 0.0944. The van der Waals surface area contributed by atoms with Crippen LogP contribution < -0.4 is 14.4 Å². The number of ether oxygens (including phenoxy) is 1. The van der Waals surface area contributed by atoms with Crippen LogP contribution >= 0.6 is 22.9 Å². The molecule has 1 N–H and O–H groups in total. The molecular weight excluding hydrogens is 492 g/mol. The van der Waals surface area contributed by atoms with Gasteiger partial charge in [-0.3, -0.25) is 9.10 Å². The average molecular weight is 515 g/mol. The predicted molar refractivity (Wildman–Crippen MR) is 138 cm³/mol. The van der Waals surface area contributed by atoms with E-state index in [0.29, 0.717) is 16.3 Å². The van der Waals surface area contributed by atoms with Crippen molar-refractivity contribution in [3.05, 3.63) is 88.3 Å². The first-order valence-electron chi connectivity index (χ1n) is 10.4. The first-order chi connectivity index (χ1) is 16.2. The summed E-state index contributed by atoms with van der Waals surface area (Å²) < 4.78 is 33.5. The number of halogens is 1. The number of anilines is 1. The molecule has 9 heteroatoms. The van der Waals surface area contributed by atoms with E-state index in [9.17, 15) is 13.2 Å². The van der Waals surface area contributed by atoms with Crippen LogP contribution in [0.15, 0.2) is 77.7 Å². The SMILES string of the molecule is COc1ccc(S(=O)(=O)N(C)c2ccc3sc(C(=O)N[C@@H](C)c4ccccc4)cc3c2)cc1Cl. The quantitative estimate of drug-likeness (QED) is 0.334. The Bertz CT molecular complexity index is 1450.